The largest absolute Gasteiger partial charge is 0.493 e. The van der Waals surface area contributed by atoms with Crippen molar-refractivity contribution in [1.82, 2.24) is 10.2 Å². The molecule has 0 aromatic heterocycles. The Kier molecular flexibility index (Phi) is 6.02. The predicted molar refractivity (Wildman–Crippen MR) is 83.6 cm³/mol. The molecule has 0 spiro atoms. The number of hydrogen-bond donors (Lipinski definition) is 2. The number of nitrogens with two attached hydrogens (primary N) is 1. The van der Waals surface area contributed by atoms with Gasteiger partial charge in [-0.3, -0.25) is 4.79 Å². The number of likely N-dealkylation sites (tertiary alicyclic amines) is 1. The van der Waals surface area contributed by atoms with E-state index in [0.717, 1.165) is 32.5 Å². The number of nitrogens with one attached hydrogen (secondary N) is 1. The second-order valence-electron chi connectivity index (χ2n) is 5.31. The van der Waals surface area contributed by atoms with E-state index in [0.29, 0.717) is 24.5 Å². The molecule has 0 atom stereocenters. The molecule has 1 amide bonds. The van der Waals surface area contributed by atoms with Crippen molar-refractivity contribution in [2.75, 3.05) is 32.8 Å². The molecule has 1 aliphatic rings. The Balaban J connectivity index is 1.90. The Hall–Kier alpha value is -1.59. The minimum atomic E-state index is -0.0451. The van der Waals surface area contributed by atoms with Crippen molar-refractivity contribution < 1.29 is 9.53 Å². The van der Waals surface area contributed by atoms with Gasteiger partial charge in [0.15, 0.2) is 0 Å². The molecular formula is C16H25N3O2. The number of benzene rings is 1. The van der Waals surface area contributed by atoms with Crippen LogP contribution >= 0.6 is 0 Å². The molecule has 1 saturated heterocycles. The van der Waals surface area contributed by atoms with E-state index >= 15 is 0 Å². The Morgan fingerprint density at radius 2 is 2.10 bits per heavy atom. The zero-order chi connectivity index (χ0) is 15.1. The molecule has 0 aliphatic carbocycles. The number of para-hydroxylation sites is 1. The van der Waals surface area contributed by atoms with E-state index in [1.165, 1.54) is 0 Å². The first-order chi connectivity index (χ1) is 10.2. The fraction of sp³-hybridized carbons (Fsp3) is 0.562. The summed E-state index contributed by atoms with van der Waals surface area (Å²) in [7, 11) is 0. The molecule has 21 heavy (non-hydrogen) atoms. The average molecular weight is 291 g/mol. The number of piperidine rings is 1. The van der Waals surface area contributed by atoms with Crippen molar-refractivity contribution in [2.45, 2.75) is 25.8 Å². The Morgan fingerprint density at radius 1 is 1.38 bits per heavy atom. The van der Waals surface area contributed by atoms with Gasteiger partial charge in [0.2, 0.25) is 0 Å². The molecule has 1 heterocycles. The van der Waals surface area contributed by atoms with Gasteiger partial charge in [-0.05, 0) is 31.9 Å². The van der Waals surface area contributed by atoms with Crippen molar-refractivity contribution in [1.29, 1.82) is 0 Å². The molecule has 2 rings (SSSR count). The van der Waals surface area contributed by atoms with Crippen molar-refractivity contribution in [3.8, 4) is 5.75 Å². The zero-order valence-electron chi connectivity index (χ0n) is 12.7. The molecule has 5 nitrogen and oxygen atoms in total. The molecule has 0 bridgehead atoms. The quantitative estimate of drug-likeness (QED) is 0.827. The standard InChI is InChI=1S/C16H25N3O2/c1-2-21-15-6-4-3-5-14(15)16(20)18-13-7-10-19(11-8-13)12-9-17/h3-6,13H,2,7-12,17H2,1H3,(H,18,20). The minimum absolute atomic E-state index is 0.0451. The van der Waals surface area contributed by atoms with Gasteiger partial charge in [0.05, 0.1) is 12.2 Å². The molecule has 5 heteroatoms. The number of ether oxygens (including phenoxy) is 1. The highest BCUT2D eigenvalue weighted by molar-refractivity contribution is 5.97. The Labute approximate surface area is 126 Å². The molecule has 1 aliphatic heterocycles. The van der Waals surface area contributed by atoms with Crippen LogP contribution in [0.5, 0.6) is 5.75 Å². The van der Waals surface area contributed by atoms with Crippen LogP contribution in [0.1, 0.15) is 30.1 Å². The molecule has 116 valence electrons. The summed E-state index contributed by atoms with van der Waals surface area (Å²) in [6.45, 7) is 6.10. The maximum Gasteiger partial charge on any atom is 0.255 e. The summed E-state index contributed by atoms with van der Waals surface area (Å²) in [6.07, 6.45) is 1.95. The number of carbonyl (C=O) groups excluding carboxylic acids is 1. The van der Waals surface area contributed by atoms with E-state index in [9.17, 15) is 4.79 Å². The summed E-state index contributed by atoms with van der Waals surface area (Å²) in [6, 6.07) is 7.63. The van der Waals surface area contributed by atoms with Crippen LogP contribution in [0.25, 0.3) is 0 Å². The smallest absolute Gasteiger partial charge is 0.255 e. The molecular weight excluding hydrogens is 266 g/mol. The first-order valence-electron chi connectivity index (χ1n) is 7.69. The highest BCUT2D eigenvalue weighted by atomic mass is 16.5. The fourth-order valence-electron chi connectivity index (χ4n) is 2.68. The van der Waals surface area contributed by atoms with Crippen LogP contribution in [-0.2, 0) is 0 Å². The van der Waals surface area contributed by atoms with Crippen LogP contribution in [0.4, 0.5) is 0 Å². The summed E-state index contributed by atoms with van der Waals surface area (Å²) < 4.78 is 5.51. The average Bonchev–Trinajstić information content (AvgIpc) is 2.50. The highest BCUT2D eigenvalue weighted by Gasteiger charge is 2.21. The second kappa shape index (κ2) is 8.00. The normalized spacial score (nSPS) is 16.7. The van der Waals surface area contributed by atoms with E-state index in [2.05, 4.69) is 10.2 Å². The van der Waals surface area contributed by atoms with Gasteiger partial charge >= 0.3 is 0 Å². The lowest BCUT2D eigenvalue weighted by Crippen LogP contribution is -2.45. The van der Waals surface area contributed by atoms with E-state index in [-0.39, 0.29) is 11.9 Å². The monoisotopic (exact) mass is 291 g/mol. The van der Waals surface area contributed by atoms with Crippen LogP contribution in [0.3, 0.4) is 0 Å². The molecule has 0 radical (unpaired) electrons. The number of carbonyl (C=O) groups is 1. The lowest BCUT2D eigenvalue weighted by molar-refractivity contribution is 0.0908. The second-order valence-corrected chi connectivity index (χ2v) is 5.31. The van der Waals surface area contributed by atoms with Gasteiger partial charge in [0.25, 0.3) is 5.91 Å². The SMILES string of the molecule is CCOc1ccccc1C(=O)NC1CCN(CCN)CC1. The van der Waals surface area contributed by atoms with Gasteiger partial charge in [-0.1, -0.05) is 12.1 Å². The first-order valence-corrected chi connectivity index (χ1v) is 7.69. The van der Waals surface area contributed by atoms with Crippen molar-refractivity contribution in [3.05, 3.63) is 29.8 Å². The third kappa shape index (κ3) is 4.44. The van der Waals surface area contributed by atoms with Crippen LogP contribution in [0, 0.1) is 0 Å². The van der Waals surface area contributed by atoms with Crippen LogP contribution in [0.2, 0.25) is 0 Å². The summed E-state index contributed by atoms with van der Waals surface area (Å²) in [4.78, 5) is 14.7. The maximum absolute atomic E-state index is 12.4. The Bertz CT molecular complexity index is 457. The minimum Gasteiger partial charge on any atom is -0.493 e. The van der Waals surface area contributed by atoms with Gasteiger partial charge in [0, 0.05) is 32.2 Å². The summed E-state index contributed by atoms with van der Waals surface area (Å²) in [5.41, 5.74) is 6.19. The molecule has 1 aromatic rings. The first kappa shape index (κ1) is 15.8. The van der Waals surface area contributed by atoms with Crippen molar-refractivity contribution in [3.63, 3.8) is 0 Å². The van der Waals surface area contributed by atoms with E-state index < -0.39 is 0 Å². The maximum atomic E-state index is 12.4. The van der Waals surface area contributed by atoms with E-state index in [4.69, 9.17) is 10.5 Å². The van der Waals surface area contributed by atoms with Gasteiger partial charge in [-0.25, -0.2) is 0 Å². The number of rotatable bonds is 6. The third-order valence-electron chi connectivity index (χ3n) is 3.80. The summed E-state index contributed by atoms with van der Waals surface area (Å²) in [5, 5.41) is 3.12. The molecule has 3 N–H and O–H groups in total. The van der Waals surface area contributed by atoms with Gasteiger partial charge in [-0.2, -0.15) is 0 Å². The summed E-state index contributed by atoms with van der Waals surface area (Å²) in [5.74, 6) is 0.606. The number of amides is 1. The molecule has 1 aromatic carbocycles. The van der Waals surface area contributed by atoms with E-state index in [1.54, 1.807) is 0 Å². The van der Waals surface area contributed by atoms with E-state index in [1.807, 2.05) is 31.2 Å². The van der Waals surface area contributed by atoms with Crippen LogP contribution in [0.15, 0.2) is 24.3 Å². The van der Waals surface area contributed by atoms with Gasteiger partial charge in [0.1, 0.15) is 5.75 Å². The fourth-order valence-corrected chi connectivity index (χ4v) is 2.68. The van der Waals surface area contributed by atoms with Gasteiger partial charge in [-0.15, -0.1) is 0 Å². The predicted octanol–water partition coefficient (Wildman–Crippen LogP) is 1.24. The van der Waals surface area contributed by atoms with Crippen molar-refractivity contribution in [2.24, 2.45) is 5.73 Å². The van der Waals surface area contributed by atoms with Gasteiger partial charge < -0.3 is 20.7 Å². The van der Waals surface area contributed by atoms with Crippen molar-refractivity contribution >= 4 is 5.91 Å². The number of hydrogen-bond acceptors (Lipinski definition) is 4. The lowest BCUT2D eigenvalue weighted by Gasteiger charge is -2.32. The topological polar surface area (TPSA) is 67.6 Å². The molecule has 0 unspecified atom stereocenters. The van der Waals surface area contributed by atoms with Crippen LogP contribution < -0.4 is 15.8 Å². The highest BCUT2D eigenvalue weighted by Crippen LogP contribution is 2.19. The lowest BCUT2D eigenvalue weighted by atomic mass is 10.0. The summed E-state index contributed by atoms with van der Waals surface area (Å²) >= 11 is 0. The third-order valence-corrected chi connectivity index (χ3v) is 3.80. The molecule has 1 fully saturated rings. The Morgan fingerprint density at radius 3 is 2.76 bits per heavy atom. The number of nitrogens with zero attached hydrogens (tertiary/aromatic N) is 1. The zero-order valence-corrected chi connectivity index (χ0v) is 12.7. The molecule has 0 saturated carbocycles. The van der Waals surface area contributed by atoms with Crippen LogP contribution in [-0.4, -0.2) is 49.6 Å².